The average Bonchev–Trinajstić information content (AvgIpc) is 2.36. The summed E-state index contributed by atoms with van der Waals surface area (Å²) in [5, 5.41) is 3.10. The normalized spacial score (nSPS) is 21.4. The summed E-state index contributed by atoms with van der Waals surface area (Å²) < 4.78 is 0. The van der Waals surface area contributed by atoms with Crippen LogP contribution in [-0.4, -0.2) is 50.6 Å². The Labute approximate surface area is 109 Å². The number of benzene rings is 1. The van der Waals surface area contributed by atoms with Gasteiger partial charge in [0.2, 0.25) is 5.91 Å². The van der Waals surface area contributed by atoms with Crippen LogP contribution < -0.4 is 10.2 Å². The van der Waals surface area contributed by atoms with E-state index in [4.69, 9.17) is 0 Å². The van der Waals surface area contributed by atoms with Gasteiger partial charge in [0.15, 0.2) is 0 Å². The number of aryl methyl sites for hydroxylation is 1. The molecule has 0 bridgehead atoms. The largest absolute Gasteiger partial charge is 0.318 e. The predicted molar refractivity (Wildman–Crippen MR) is 73.9 cm³/mol. The van der Waals surface area contributed by atoms with E-state index in [0.717, 1.165) is 24.3 Å². The molecule has 4 nitrogen and oxygen atoms in total. The van der Waals surface area contributed by atoms with Gasteiger partial charge in [0.1, 0.15) is 6.04 Å². The summed E-state index contributed by atoms with van der Waals surface area (Å²) in [5.74, 6) is 0.187. The SMILES string of the molecule is CNCC1C(=O)N(c2ccccc2C)CCN1C. The van der Waals surface area contributed by atoms with Gasteiger partial charge in [0.05, 0.1) is 0 Å². The molecule has 18 heavy (non-hydrogen) atoms. The highest BCUT2D eigenvalue weighted by atomic mass is 16.2. The molecule has 1 N–H and O–H groups in total. The monoisotopic (exact) mass is 247 g/mol. The number of para-hydroxylation sites is 1. The van der Waals surface area contributed by atoms with Gasteiger partial charge in [0.25, 0.3) is 0 Å². The van der Waals surface area contributed by atoms with Crippen molar-refractivity contribution < 1.29 is 4.79 Å². The number of nitrogens with zero attached hydrogens (tertiary/aromatic N) is 2. The first-order valence-electron chi connectivity index (χ1n) is 6.37. The number of carbonyl (C=O) groups is 1. The third-order valence-corrected chi connectivity index (χ3v) is 3.56. The molecular weight excluding hydrogens is 226 g/mol. The molecule has 0 radical (unpaired) electrons. The fourth-order valence-electron chi connectivity index (χ4n) is 2.43. The highest BCUT2D eigenvalue weighted by Gasteiger charge is 2.33. The number of likely N-dealkylation sites (N-methyl/N-ethyl adjacent to an activating group) is 2. The molecule has 1 saturated heterocycles. The van der Waals surface area contributed by atoms with E-state index < -0.39 is 0 Å². The van der Waals surface area contributed by atoms with Gasteiger partial charge < -0.3 is 10.2 Å². The van der Waals surface area contributed by atoms with Gasteiger partial charge in [-0.05, 0) is 32.6 Å². The minimum atomic E-state index is -0.0663. The Morgan fingerprint density at radius 1 is 1.33 bits per heavy atom. The van der Waals surface area contributed by atoms with Crippen LogP contribution in [0.4, 0.5) is 5.69 Å². The number of amides is 1. The van der Waals surface area contributed by atoms with Gasteiger partial charge in [-0.15, -0.1) is 0 Å². The molecule has 1 fully saturated rings. The lowest BCUT2D eigenvalue weighted by Gasteiger charge is -2.39. The predicted octanol–water partition coefficient (Wildman–Crippen LogP) is 0.861. The minimum absolute atomic E-state index is 0.0663. The van der Waals surface area contributed by atoms with Crippen LogP contribution in [0.3, 0.4) is 0 Å². The van der Waals surface area contributed by atoms with Gasteiger partial charge >= 0.3 is 0 Å². The maximum Gasteiger partial charge on any atom is 0.245 e. The van der Waals surface area contributed by atoms with Crippen LogP contribution in [0.5, 0.6) is 0 Å². The first-order valence-corrected chi connectivity index (χ1v) is 6.37. The summed E-state index contributed by atoms with van der Waals surface area (Å²) in [6.45, 7) is 4.42. The fraction of sp³-hybridized carbons (Fsp3) is 0.500. The van der Waals surface area contributed by atoms with Crippen molar-refractivity contribution in [2.24, 2.45) is 0 Å². The van der Waals surface area contributed by atoms with E-state index in [0.29, 0.717) is 6.54 Å². The third kappa shape index (κ3) is 2.40. The van der Waals surface area contributed by atoms with E-state index in [-0.39, 0.29) is 11.9 Å². The fourth-order valence-corrected chi connectivity index (χ4v) is 2.43. The second kappa shape index (κ2) is 5.50. The molecule has 1 unspecified atom stereocenters. The van der Waals surface area contributed by atoms with Gasteiger partial charge in [-0.3, -0.25) is 9.69 Å². The van der Waals surface area contributed by atoms with Crippen molar-refractivity contribution in [3.05, 3.63) is 29.8 Å². The molecule has 1 heterocycles. The Morgan fingerprint density at radius 2 is 2.06 bits per heavy atom. The van der Waals surface area contributed by atoms with Crippen molar-refractivity contribution in [2.45, 2.75) is 13.0 Å². The van der Waals surface area contributed by atoms with Crippen LogP contribution in [0.25, 0.3) is 0 Å². The van der Waals surface area contributed by atoms with E-state index >= 15 is 0 Å². The van der Waals surface area contributed by atoms with Crippen LogP contribution >= 0.6 is 0 Å². The summed E-state index contributed by atoms with van der Waals surface area (Å²) in [7, 11) is 3.89. The van der Waals surface area contributed by atoms with E-state index in [1.165, 1.54) is 0 Å². The summed E-state index contributed by atoms with van der Waals surface area (Å²) in [4.78, 5) is 16.6. The molecule has 1 aliphatic heterocycles. The average molecular weight is 247 g/mol. The van der Waals surface area contributed by atoms with Crippen LogP contribution in [0, 0.1) is 6.92 Å². The van der Waals surface area contributed by atoms with Crippen LogP contribution in [0.2, 0.25) is 0 Å². The lowest BCUT2D eigenvalue weighted by Crippen LogP contribution is -2.58. The summed E-state index contributed by atoms with van der Waals surface area (Å²) in [5.41, 5.74) is 2.19. The molecule has 98 valence electrons. The van der Waals surface area contributed by atoms with Gasteiger partial charge in [-0.2, -0.15) is 0 Å². The van der Waals surface area contributed by atoms with E-state index in [9.17, 15) is 4.79 Å². The second-order valence-corrected chi connectivity index (χ2v) is 4.83. The lowest BCUT2D eigenvalue weighted by atomic mass is 10.1. The Morgan fingerprint density at radius 3 is 2.72 bits per heavy atom. The zero-order valence-electron chi connectivity index (χ0n) is 11.3. The Hall–Kier alpha value is -1.39. The van der Waals surface area contributed by atoms with E-state index in [2.05, 4.69) is 10.2 Å². The number of rotatable bonds is 3. The topological polar surface area (TPSA) is 35.6 Å². The quantitative estimate of drug-likeness (QED) is 0.860. The number of anilines is 1. The minimum Gasteiger partial charge on any atom is -0.318 e. The molecule has 1 aromatic carbocycles. The Balaban J connectivity index is 2.25. The summed E-state index contributed by atoms with van der Waals surface area (Å²) >= 11 is 0. The molecule has 0 saturated carbocycles. The molecule has 1 amide bonds. The first-order chi connectivity index (χ1) is 8.65. The van der Waals surface area contributed by atoms with Crippen molar-refractivity contribution in [2.75, 3.05) is 38.6 Å². The van der Waals surface area contributed by atoms with Gasteiger partial charge in [-0.25, -0.2) is 0 Å². The highest BCUT2D eigenvalue weighted by Crippen LogP contribution is 2.23. The molecular formula is C14H21N3O. The molecule has 0 spiro atoms. The van der Waals surface area contributed by atoms with Crippen LogP contribution in [-0.2, 0) is 4.79 Å². The third-order valence-electron chi connectivity index (χ3n) is 3.56. The van der Waals surface area contributed by atoms with Crippen molar-refractivity contribution in [3.63, 3.8) is 0 Å². The van der Waals surface area contributed by atoms with Crippen LogP contribution in [0.1, 0.15) is 5.56 Å². The maximum absolute atomic E-state index is 12.5. The summed E-state index contributed by atoms with van der Waals surface area (Å²) in [6, 6.07) is 8.00. The lowest BCUT2D eigenvalue weighted by molar-refractivity contribution is -0.125. The first kappa shape index (κ1) is 13.1. The number of hydrogen-bond donors (Lipinski definition) is 1. The molecule has 2 rings (SSSR count). The molecule has 1 aliphatic rings. The number of carbonyl (C=O) groups excluding carboxylic acids is 1. The van der Waals surface area contributed by atoms with Crippen molar-refractivity contribution in [1.82, 2.24) is 10.2 Å². The Kier molecular flexibility index (Phi) is 3.99. The van der Waals surface area contributed by atoms with Crippen LogP contribution in [0.15, 0.2) is 24.3 Å². The smallest absolute Gasteiger partial charge is 0.245 e. The van der Waals surface area contributed by atoms with Gasteiger partial charge in [0, 0.05) is 25.3 Å². The molecule has 4 heteroatoms. The zero-order chi connectivity index (χ0) is 13.1. The van der Waals surface area contributed by atoms with Crippen molar-refractivity contribution in [3.8, 4) is 0 Å². The zero-order valence-corrected chi connectivity index (χ0v) is 11.3. The second-order valence-electron chi connectivity index (χ2n) is 4.83. The summed E-state index contributed by atoms with van der Waals surface area (Å²) in [6.07, 6.45) is 0. The Bertz CT molecular complexity index is 433. The van der Waals surface area contributed by atoms with E-state index in [1.807, 2.05) is 50.2 Å². The molecule has 0 aromatic heterocycles. The number of hydrogen-bond acceptors (Lipinski definition) is 3. The van der Waals surface area contributed by atoms with Crippen molar-refractivity contribution in [1.29, 1.82) is 0 Å². The standard InChI is InChI=1S/C14H21N3O/c1-11-6-4-5-7-12(11)17-9-8-16(3)13(10-15-2)14(17)18/h4-7,13,15H,8-10H2,1-3H3. The van der Waals surface area contributed by atoms with Crippen molar-refractivity contribution >= 4 is 11.6 Å². The van der Waals surface area contributed by atoms with E-state index in [1.54, 1.807) is 0 Å². The number of nitrogens with one attached hydrogen (secondary N) is 1. The molecule has 1 aromatic rings. The highest BCUT2D eigenvalue weighted by molar-refractivity contribution is 5.98. The molecule has 1 atom stereocenters. The van der Waals surface area contributed by atoms with Gasteiger partial charge in [-0.1, -0.05) is 18.2 Å². The number of piperazine rings is 1. The maximum atomic E-state index is 12.5. The molecule has 0 aliphatic carbocycles.